The van der Waals surface area contributed by atoms with Crippen molar-refractivity contribution in [3.63, 3.8) is 0 Å². The first-order chi connectivity index (χ1) is 5.31. The minimum atomic E-state index is -0.789. The van der Waals surface area contributed by atoms with Crippen LogP contribution in [0.15, 0.2) is 25.0 Å². The third kappa shape index (κ3) is 7.09. The molecule has 0 saturated carbocycles. The molecule has 0 radical (unpaired) electrons. The van der Waals surface area contributed by atoms with Gasteiger partial charge in [-0.25, -0.2) is 0 Å². The lowest BCUT2D eigenvalue weighted by Gasteiger charge is -2.04. The fraction of sp³-hybridized carbons (Fsp3) is 0.500. The Balaban J connectivity index is 3.18. The lowest BCUT2D eigenvalue weighted by molar-refractivity contribution is 0.0383. The van der Waals surface area contributed by atoms with Gasteiger partial charge in [0.1, 0.15) is 12.7 Å². The van der Waals surface area contributed by atoms with Gasteiger partial charge in [0.25, 0.3) is 0 Å². The van der Waals surface area contributed by atoms with Gasteiger partial charge in [-0.15, -0.1) is 6.58 Å². The Morgan fingerprint density at radius 1 is 1.55 bits per heavy atom. The van der Waals surface area contributed by atoms with Crippen molar-refractivity contribution in [1.82, 2.24) is 0 Å². The molecule has 0 aromatic carbocycles. The molecule has 1 unspecified atom stereocenters. The normalized spacial score (nSPS) is 13.3. The smallest absolute Gasteiger partial charge is 0.115 e. The van der Waals surface area contributed by atoms with Crippen molar-refractivity contribution in [2.75, 3.05) is 13.2 Å². The van der Waals surface area contributed by atoms with Crippen LogP contribution in [0.1, 0.15) is 6.42 Å². The van der Waals surface area contributed by atoms with E-state index in [-0.39, 0.29) is 13.2 Å². The van der Waals surface area contributed by atoms with Crippen LogP contribution in [0, 0.1) is 0 Å². The van der Waals surface area contributed by atoms with E-state index >= 15 is 0 Å². The summed E-state index contributed by atoms with van der Waals surface area (Å²) in [5, 5.41) is 17.2. The molecule has 0 amide bonds. The Bertz CT molecular complexity index is 121. The summed E-state index contributed by atoms with van der Waals surface area (Å²) in [4.78, 5) is 0. The highest BCUT2D eigenvalue weighted by Gasteiger charge is 1.98. The maximum atomic E-state index is 8.79. The summed E-state index contributed by atoms with van der Waals surface area (Å²) in [6.07, 6.45) is 4.96. The summed E-state index contributed by atoms with van der Waals surface area (Å²) in [7, 11) is 0. The van der Waals surface area contributed by atoms with Gasteiger partial charge in [-0.3, -0.25) is 0 Å². The van der Waals surface area contributed by atoms with Crippen molar-refractivity contribution in [2.24, 2.45) is 0 Å². The second kappa shape index (κ2) is 7.31. The standard InChI is InChI=1S/C8H14O3/c1-2-3-4-5-11-7-8(10)6-9/h2,4-5,8-10H,1,3,6-7H2. The summed E-state index contributed by atoms with van der Waals surface area (Å²) < 4.78 is 4.85. The zero-order valence-electron chi connectivity index (χ0n) is 6.44. The Morgan fingerprint density at radius 2 is 2.27 bits per heavy atom. The Kier molecular flexibility index (Phi) is 6.78. The molecule has 0 aromatic heterocycles. The van der Waals surface area contributed by atoms with Crippen molar-refractivity contribution >= 4 is 0 Å². The molecule has 11 heavy (non-hydrogen) atoms. The maximum absolute atomic E-state index is 8.79. The molecular formula is C8H14O3. The van der Waals surface area contributed by atoms with Crippen LogP contribution in [0.25, 0.3) is 0 Å². The van der Waals surface area contributed by atoms with E-state index in [4.69, 9.17) is 14.9 Å². The topological polar surface area (TPSA) is 49.7 Å². The monoisotopic (exact) mass is 158 g/mol. The molecule has 2 N–H and O–H groups in total. The number of aliphatic hydroxyl groups excluding tert-OH is 2. The van der Waals surface area contributed by atoms with E-state index in [0.29, 0.717) is 0 Å². The number of rotatable bonds is 6. The first kappa shape index (κ1) is 10.2. The van der Waals surface area contributed by atoms with E-state index in [2.05, 4.69) is 6.58 Å². The van der Waals surface area contributed by atoms with E-state index in [1.807, 2.05) is 0 Å². The molecule has 0 aliphatic rings. The maximum Gasteiger partial charge on any atom is 0.115 e. The molecule has 0 aliphatic heterocycles. The van der Waals surface area contributed by atoms with Crippen LogP contribution in [0.4, 0.5) is 0 Å². The van der Waals surface area contributed by atoms with Gasteiger partial charge in [0, 0.05) is 0 Å². The molecule has 0 fully saturated rings. The molecule has 64 valence electrons. The number of ether oxygens (including phenoxy) is 1. The highest BCUT2D eigenvalue weighted by atomic mass is 16.5. The zero-order chi connectivity index (χ0) is 8.53. The molecule has 0 heterocycles. The quantitative estimate of drug-likeness (QED) is 0.436. The van der Waals surface area contributed by atoms with E-state index in [1.54, 1.807) is 12.2 Å². The van der Waals surface area contributed by atoms with Gasteiger partial charge >= 0.3 is 0 Å². The molecule has 1 atom stereocenters. The predicted molar refractivity (Wildman–Crippen MR) is 43.0 cm³/mol. The number of aliphatic hydroxyl groups is 2. The van der Waals surface area contributed by atoms with Gasteiger partial charge in [-0.2, -0.15) is 0 Å². The highest BCUT2D eigenvalue weighted by Crippen LogP contribution is 1.87. The Labute approximate surface area is 66.6 Å². The molecule has 0 rings (SSSR count). The second-order valence-corrected chi connectivity index (χ2v) is 2.07. The first-order valence-electron chi connectivity index (χ1n) is 3.47. The fourth-order valence-corrected chi connectivity index (χ4v) is 0.439. The van der Waals surface area contributed by atoms with Crippen molar-refractivity contribution in [1.29, 1.82) is 0 Å². The summed E-state index contributed by atoms with van der Waals surface area (Å²) in [5.41, 5.74) is 0. The van der Waals surface area contributed by atoms with Crippen LogP contribution in [0.3, 0.4) is 0 Å². The predicted octanol–water partition coefficient (Wildman–Crippen LogP) is 0.446. The van der Waals surface area contributed by atoms with Gasteiger partial charge in [-0.05, 0) is 12.5 Å². The van der Waals surface area contributed by atoms with Crippen LogP contribution in [-0.2, 0) is 4.74 Å². The SMILES string of the molecule is C=CCC=COCC(O)CO. The first-order valence-corrected chi connectivity index (χ1v) is 3.47. The largest absolute Gasteiger partial charge is 0.499 e. The van der Waals surface area contributed by atoms with Crippen LogP contribution in [0.2, 0.25) is 0 Å². The Morgan fingerprint density at radius 3 is 2.82 bits per heavy atom. The molecule has 0 saturated heterocycles. The van der Waals surface area contributed by atoms with Gasteiger partial charge in [0.2, 0.25) is 0 Å². The van der Waals surface area contributed by atoms with Crippen LogP contribution in [0.5, 0.6) is 0 Å². The van der Waals surface area contributed by atoms with Gasteiger partial charge < -0.3 is 14.9 Å². The van der Waals surface area contributed by atoms with E-state index in [0.717, 1.165) is 6.42 Å². The molecular weight excluding hydrogens is 144 g/mol. The molecule has 0 bridgehead atoms. The molecule has 3 heteroatoms. The van der Waals surface area contributed by atoms with E-state index in [9.17, 15) is 0 Å². The van der Waals surface area contributed by atoms with E-state index < -0.39 is 6.10 Å². The van der Waals surface area contributed by atoms with Crippen molar-refractivity contribution in [2.45, 2.75) is 12.5 Å². The third-order valence-electron chi connectivity index (χ3n) is 0.995. The number of allylic oxidation sites excluding steroid dienone is 2. The zero-order valence-corrected chi connectivity index (χ0v) is 6.44. The molecule has 0 aromatic rings. The summed E-state index contributed by atoms with van der Waals surface area (Å²) in [5.74, 6) is 0. The number of hydrogen-bond donors (Lipinski definition) is 2. The average molecular weight is 158 g/mol. The highest BCUT2D eigenvalue weighted by molar-refractivity contribution is 4.83. The summed E-state index contributed by atoms with van der Waals surface area (Å²) >= 11 is 0. The van der Waals surface area contributed by atoms with Crippen LogP contribution < -0.4 is 0 Å². The van der Waals surface area contributed by atoms with Crippen LogP contribution in [-0.4, -0.2) is 29.5 Å². The van der Waals surface area contributed by atoms with Gasteiger partial charge in [0.05, 0.1) is 12.9 Å². The summed E-state index contributed by atoms with van der Waals surface area (Å²) in [6, 6.07) is 0. The van der Waals surface area contributed by atoms with E-state index in [1.165, 1.54) is 6.26 Å². The summed E-state index contributed by atoms with van der Waals surface area (Å²) in [6.45, 7) is 3.37. The average Bonchev–Trinajstić information content (AvgIpc) is 2.04. The van der Waals surface area contributed by atoms with Crippen molar-refractivity contribution in [3.8, 4) is 0 Å². The lowest BCUT2D eigenvalue weighted by atomic mass is 10.4. The van der Waals surface area contributed by atoms with Crippen LogP contribution >= 0.6 is 0 Å². The van der Waals surface area contributed by atoms with Crippen molar-refractivity contribution in [3.05, 3.63) is 25.0 Å². The van der Waals surface area contributed by atoms with Gasteiger partial charge in [-0.1, -0.05) is 6.08 Å². The minimum absolute atomic E-state index is 0.129. The van der Waals surface area contributed by atoms with Gasteiger partial charge in [0.15, 0.2) is 0 Å². The minimum Gasteiger partial charge on any atom is -0.499 e. The molecule has 3 nitrogen and oxygen atoms in total. The lowest BCUT2D eigenvalue weighted by Crippen LogP contribution is -2.17. The fourth-order valence-electron chi connectivity index (χ4n) is 0.439. The third-order valence-corrected chi connectivity index (χ3v) is 0.995. The van der Waals surface area contributed by atoms with Crippen molar-refractivity contribution < 1.29 is 14.9 Å². The number of hydrogen-bond acceptors (Lipinski definition) is 3. The second-order valence-electron chi connectivity index (χ2n) is 2.07. The molecule has 0 aliphatic carbocycles. The Hall–Kier alpha value is -0.800. The molecule has 0 spiro atoms.